The Hall–Kier alpha value is -2.86. The molecule has 0 heterocycles. The van der Waals surface area contributed by atoms with E-state index in [1.165, 1.54) is 7.11 Å². The normalized spacial score (nSPS) is 11.5. The van der Waals surface area contributed by atoms with Gasteiger partial charge in [0.05, 0.1) is 7.11 Å². The minimum absolute atomic E-state index is 0.160. The van der Waals surface area contributed by atoms with Crippen molar-refractivity contribution in [2.75, 3.05) is 18.6 Å². The molecular formula is C23H27ClN2O4. The second-order valence-electron chi connectivity index (χ2n) is 7.12. The molecule has 1 atom stereocenters. The maximum Gasteiger partial charge on any atom is 0.328 e. The van der Waals surface area contributed by atoms with E-state index >= 15 is 0 Å². The van der Waals surface area contributed by atoms with Crippen molar-refractivity contribution >= 4 is 35.1 Å². The van der Waals surface area contributed by atoms with E-state index in [4.69, 9.17) is 11.6 Å². The van der Waals surface area contributed by atoms with Gasteiger partial charge < -0.3 is 15.0 Å². The van der Waals surface area contributed by atoms with Crippen molar-refractivity contribution in [1.82, 2.24) is 5.32 Å². The Morgan fingerprint density at radius 1 is 1.07 bits per heavy atom. The van der Waals surface area contributed by atoms with Crippen LogP contribution in [0.2, 0.25) is 5.02 Å². The summed E-state index contributed by atoms with van der Waals surface area (Å²) in [6.45, 7) is 5.83. The Balaban J connectivity index is 2.16. The molecule has 0 saturated heterocycles. The number of hydrogen-bond acceptors (Lipinski definition) is 4. The van der Waals surface area contributed by atoms with Crippen LogP contribution in [0.5, 0.6) is 0 Å². The van der Waals surface area contributed by atoms with Gasteiger partial charge in [-0.1, -0.05) is 29.8 Å². The highest BCUT2D eigenvalue weighted by Crippen LogP contribution is 2.27. The van der Waals surface area contributed by atoms with E-state index in [0.717, 1.165) is 16.8 Å². The van der Waals surface area contributed by atoms with Gasteiger partial charge in [-0.25, -0.2) is 4.79 Å². The number of nitrogens with one attached hydrogen (secondary N) is 1. The molecule has 0 fully saturated rings. The third-order valence-corrected chi connectivity index (χ3v) is 5.02. The van der Waals surface area contributed by atoms with E-state index in [0.29, 0.717) is 23.6 Å². The van der Waals surface area contributed by atoms with Crippen molar-refractivity contribution in [3.05, 3.63) is 64.2 Å². The number of methoxy groups -OCH3 is 1. The van der Waals surface area contributed by atoms with Gasteiger partial charge in [-0.05, 0) is 62.6 Å². The standard InChI is InChI=1S/C23H27ClN2O4/c1-15-7-5-8-16(2)21(15)26(22(28)18-10-12-19(24)13-11-18)14-6-9-20(27)25-17(3)23(29)30-4/h5,7-8,10-13,17H,6,9,14H2,1-4H3,(H,25,27)/t17-/m0/s1. The third kappa shape index (κ3) is 6.07. The second kappa shape index (κ2) is 10.8. The van der Waals surface area contributed by atoms with Gasteiger partial charge in [0.1, 0.15) is 6.04 Å². The van der Waals surface area contributed by atoms with Crippen molar-refractivity contribution in [1.29, 1.82) is 0 Å². The zero-order valence-electron chi connectivity index (χ0n) is 17.7. The molecule has 0 unspecified atom stereocenters. The molecule has 0 bridgehead atoms. The number of amides is 2. The molecule has 0 radical (unpaired) electrons. The summed E-state index contributed by atoms with van der Waals surface area (Å²) in [4.78, 5) is 38.6. The Bertz CT molecular complexity index is 892. The molecule has 2 rings (SSSR count). The fraction of sp³-hybridized carbons (Fsp3) is 0.348. The van der Waals surface area contributed by atoms with Gasteiger partial charge in [-0.15, -0.1) is 0 Å². The van der Waals surface area contributed by atoms with Crippen molar-refractivity contribution in [3.63, 3.8) is 0 Å². The number of para-hydroxylation sites is 1. The predicted molar refractivity (Wildman–Crippen MR) is 118 cm³/mol. The van der Waals surface area contributed by atoms with Crippen LogP contribution in [0.25, 0.3) is 0 Å². The van der Waals surface area contributed by atoms with Crippen LogP contribution < -0.4 is 10.2 Å². The molecule has 160 valence electrons. The number of carbonyl (C=O) groups excluding carboxylic acids is 3. The lowest BCUT2D eigenvalue weighted by Gasteiger charge is -2.26. The number of ether oxygens (including phenoxy) is 1. The van der Waals surface area contributed by atoms with Gasteiger partial charge in [-0.3, -0.25) is 9.59 Å². The first kappa shape index (κ1) is 23.4. The largest absolute Gasteiger partial charge is 0.467 e. The summed E-state index contributed by atoms with van der Waals surface area (Å²) in [5, 5.41) is 3.16. The topological polar surface area (TPSA) is 75.7 Å². The molecule has 7 heteroatoms. The average Bonchev–Trinajstić information content (AvgIpc) is 2.71. The molecule has 0 aromatic heterocycles. The molecular weight excluding hydrogens is 404 g/mol. The summed E-state index contributed by atoms with van der Waals surface area (Å²) in [7, 11) is 1.27. The molecule has 6 nitrogen and oxygen atoms in total. The van der Waals surface area contributed by atoms with E-state index in [-0.39, 0.29) is 18.2 Å². The van der Waals surface area contributed by atoms with Crippen LogP contribution in [0.1, 0.15) is 41.3 Å². The lowest BCUT2D eigenvalue weighted by Crippen LogP contribution is -2.39. The average molecular weight is 431 g/mol. The molecule has 0 spiro atoms. The zero-order valence-corrected chi connectivity index (χ0v) is 18.5. The van der Waals surface area contributed by atoms with Crippen molar-refractivity contribution in [3.8, 4) is 0 Å². The Morgan fingerprint density at radius 2 is 1.67 bits per heavy atom. The van der Waals surface area contributed by atoms with E-state index in [2.05, 4.69) is 10.1 Å². The smallest absolute Gasteiger partial charge is 0.328 e. The van der Waals surface area contributed by atoms with Crippen molar-refractivity contribution in [2.45, 2.75) is 39.7 Å². The molecule has 2 aromatic carbocycles. The maximum absolute atomic E-state index is 13.3. The maximum atomic E-state index is 13.3. The quantitative estimate of drug-likeness (QED) is 0.641. The van der Waals surface area contributed by atoms with E-state index in [9.17, 15) is 14.4 Å². The third-order valence-electron chi connectivity index (χ3n) is 4.76. The minimum atomic E-state index is -0.715. The number of halogens is 1. The molecule has 2 amide bonds. The molecule has 30 heavy (non-hydrogen) atoms. The fourth-order valence-electron chi connectivity index (χ4n) is 3.24. The number of rotatable bonds is 8. The summed E-state index contributed by atoms with van der Waals surface area (Å²) in [6.07, 6.45) is 0.615. The highest BCUT2D eigenvalue weighted by Gasteiger charge is 2.22. The monoisotopic (exact) mass is 430 g/mol. The van der Waals surface area contributed by atoms with Gasteiger partial charge in [-0.2, -0.15) is 0 Å². The van der Waals surface area contributed by atoms with Crippen LogP contribution in [0.4, 0.5) is 5.69 Å². The number of aryl methyl sites for hydroxylation is 2. The highest BCUT2D eigenvalue weighted by molar-refractivity contribution is 6.30. The highest BCUT2D eigenvalue weighted by atomic mass is 35.5. The van der Waals surface area contributed by atoms with Gasteiger partial charge in [0.15, 0.2) is 0 Å². The summed E-state index contributed by atoms with van der Waals surface area (Å²) < 4.78 is 4.61. The van der Waals surface area contributed by atoms with Gasteiger partial charge >= 0.3 is 5.97 Å². The molecule has 0 saturated carbocycles. The minimum Gasteiger partial charge on any atom is -0.467 e. The van der Waals surface area contributed by atoms with Gasteiger partial charge in [0, 0.05) is 29.2 Å². The first-order valence-electron chi connectivity index (χ1n) is 9.75. The number of esters is 1. The van der Waals surface area contributed by atoms with Crippen LogP contribution in [0.3, 0.4) is 0 Å². The number of benzene rings is 2. The predicted octanol–water partition coefficient (Wildman–Crippen LogP) is 4.06. The van der Waals surface area contributed by atoms with Crippen molar-refractivity contribution in [2.24, 2.45) is 0 Å². The number of hydrogen-bond donors (Lipinski definition) is 1. The van der Waals surface area contributed by atoms with Crippen LogP contribution in [-0.4, -0.2) is 37.5 Å². The van der Waals surface area contributed by atoms with Crippen LogP contribution >= 0.6 is 11.6 Å². The molecule has 2 aromatic rings. The second-order valence-corrected chi connectivity index (χ2v) is 7.56. The molecule has 0 aliphatic rings. The Kier molecular flexibility index (Phi) is 8.42. The first-order chi connectivity index (χ1) is 14.2. The fourth-order valence-corrected chi connectivity index (χ4v) is 3.37. The summed E-state index contributed by atoms with van der Waals surface area (Å²) in [6, 6.07) is 11.9. The molecule has 0 aliphatic heterocycles. The van der Waals surface area contributed by atoms with Gasteiger partial charge in [0.25, 0.3) is 5.91 Å². The van der Waals surface area contributed by atoms with E-state index < -0.39 is 12.0 Å². The Morgan fingerprint density at radius 3 is 2.23 bits per heavy atom. The van der Waals surface area contributed by atoms with E-state index in [1.54, 1.807) is 36.1 Å². The van der Waals surface area contributed by atoms with E-state index in [1.807, 2.05) is 32.0 Å². The molecule has 0 aliphatic carbocycles. The number of nitrogens with zero attached hydrogens (tertiary/aromatic N) is 1. The zero-order chi connectivity index (χ0) is 22.3. The summed E-state index contributed by atoms with van der Waals surface area (Å²) in [5.74, 6) is -0.931. The lowest BCUT2D eigenvalue weighted by atomic mass is 10.1. The van der Waals surface area contributed by atoms with Crippen LogP contribution in [-0.2, 0) is 14.3 Å². The van der Waals surface area contributed by atoms with Crippen molar-refractivity contribution < 1.29 is 19.1 Å². The first-order valence-corrected chi connectivity index (χ1v) is 10.1. The lowest BCUT2D eigenvalue weighted by molar-refractivity contribution is -0.144. The number of anilines is 1. The number of carbonyl (C=O) groups is 3. The molecule has 1 N–H and O–H groups in total. The van der Waals surface area contributed by atoms with Crippen LogP contribution in [0.15, 0.2) is 42.5 Å². The summed E-state index contributed by atoms with van der Waals surface area (Å²) in [5.41, 5.74) is 3.30. The van der Waals surface area contributed by atoms with Gasteiger partial charge in [0.2, 0.25) is 5.91 Å². The Labute approximate surface area is 182 Å². The summed E-state index contributed by atoms with van der Waals surface area (Å²) >= 11 is 5.95. The SMILES string of the molecule is COC(=O)[C@H](C)NC(=O)CCCN(C(=O)c1ccc(Cl)cc1)c1c(C)cccc1C. The van der Waals surface area contributed by atoms with Crippen LogP contribution in [0, 0.1) is 13.8 Å².